The van der Waals surface area contributed by atoms with Crippen LogP contribution in [-0.2, 0) is 49.9 Å². The Morgan fingerprint density at radius 1 is 0.866 bits per heavy atom. The number of pyridine rings is 1. The number of ketones is 2. The molecule has 4 aliphatic rings. The lowest BCUT2D eigenvalue weighted by Crippen LogP contribution is -2.82. The van der Waals surface area contributed by atoms with E-state index in [2.05, 4.69) is 0 Å². The lowest BCUT2D eigenvalue weighted by Gasteiger charge is -2.67. The number of Topliss-reactive ketones (excluding diaryl/α,β-unsaturated/α-hetero) is 2. The van der Waals surface area contributed by atoms with Crippen LogP contribution in [0.5, 0.6) is 5.88 Å². The number of rotatable bonds is 12. The number of aliphatic hydroxyl groups excluding tert-OH is 1. The van der Waals surface area contributed by atoms with Gasteiger partial charge < -0.3 is 38.6 Å². The first-order valence-electron chi connectivity index (χ1n) is 22.1. The fourth-order valence-corrected chi connectivity index (χ4v) is 11.6. The molecule has 0 amide bonds. The molecule has 2 N–H and O–H groups in total. The minimum absolute atomic E-state index is 0.0307. The normalized spacial score (nSPS) is 30.4. The molecule has 1 saturated heterocycles. The van der Waals surface area contributed by atoms with Crippen LogP contribution in [0.1, 0.15) is 86.6 Å². The van der Waals surface area contributed by atoms with Gasteiger partial charge in [0, 0.05) is 49.1 Å². The third-order valence-electron chi connectivity index (χ3n) is 14.5. The van der Waals surface area contributed by atoms with Crippen LogP contribution < -0.4 is 9.30 Å². The average molecular weight is 937 g/mol. The molecule has 2 saturated carbocycles. The summed E-state index contributed by atoms with van der Waals surface area (Å²) in [5.74, 6) is -7.50. The molecule has 352 valence electrons. The molecule has 0 radical (unpaired) electrons. The summed E-state index contributed by atoms with van der Waals surface area (Å²) in [6.45, 7) is 8.18. The molecular weight excluding hydrogens is 883 g/mol. The highest BCUT2D eigenvalue weighted by Gasteiger charge is 2.78. The number of nitrogens with zero attached hydrogens (tertiary/aromatic N) is 1. The van der Waals surface area contributed by atoms with Gasteiger partial charge in [0.15, 0.2) is 29.5 Å². The number of hydrogen-bond donors (Lipinski definition) is 2. The fraction of sp³-hybridized carbons (Fsp3) is 0.431. The first-order chi connectivity index (χ1) is 31.8. The number of aryl methyl sites for hydroxylation is 1. The van der Waals surface area contributed by atoms with Gasteiger partial charge in [0.05, 0.1) is 41.6 Å². The van der Waals surface area contributed by atoms with Crippen LogP contribution >= 0.6 is 11.3 Å². The molecule has 15 nitrogen and oxygen atoms in total. The predicted octanol–water partition coefficient (Wildman–Crippen LogP) is 5.20. The number of ether oxygens (including phenoxy) is 6. The number of carbonyl (C=O) groups excluding carboxylic acids is 6. The SMILES string of the molecule is CC(=O)OC1C(=O)[C@]2(C)C(O)CC3OC[C@@]3(OC(C)=O)C2C(OC(=O)c2ccsc2)C2(O)CC(OC(=O)C(Oc3cccc[n+]3C)C(C(=O)c3ccccc3)c3ccccc3)C(C)=C1C2(C)C. The van der Waals surface area contributed by atoms with E-state index >= 15 is 9.59 Å². The Morgan fingerprint density at radius 3 is 2.13 bits per heavy atom. The molecule has 1 aliphatic heterocycles. The molecule has 2 aromatic heterocycles. The number of esters is 4. The van der Waals surface area contributed by atoms with Crippen LogP contribution in [0.3, 0.4) is 0 Å². The molecule has 2 aromatic carbocycles. The number of benzene rings is 2. The van der Waals surface area contributed by atoms with Crippen LogP contribution in [0.25, 0.3) is 0 Å². The smallest absolute Gasteiger partial charge is 0.368 e. The molecule has 8 rings (SSSR count). The lowest BCUT2D eigenvalue weighted by atomic mass is 9.44. The molecule has 16 heteroatoms. The fourth-order valence-electron chi connectivity index (χ4n) is 10.9. The number of fused-ring (bicyclic) bond motifs is 5. The molecule has 3 heterocycles. The van der Waals surface area contributed by atoms with Crippen LogP contribution in [-0.4, -0.2) is 100 Å². The summed E-state index contributed by atoms with van der Waals surface area (Å²) in [6, 6.07) is 23.7. The third kappa shape index (κ3) is 7.96. The first-order valence-corrected chi connectivity index (χ1v) is 23.0. The van der Waals surface area contributed by atoms with Gasteiger partial charge in [0.25, 0.3) is 0 Å². The molecular formula is C51H54NO14S+. The Labute approximate surface area is 391 Å². The van der Waals surface area contributed by atoms with E-state index in [1.54, 1.807) is 128 Å². The van der Waals surface area contributed by atoms with Gasteiger partial charge >= 0.3 is 29.8 Å². The molecule has 9 unspecified atom stereocenters. The Hall–Kier alpha value is -6.07. The second kappa shape index (κ2) is 17.9. The van der Waals surface area contributed by atoms with E-state index in [0.717, 1.165) is 6.92 Å². The van der Waals surface area contributed by atoms with E-state index in [1.165, 1.54) is 31.3 Å². The molecule has 0 spiro atoms. The van der Waals surface area contributed by atoms with Gasteiger partial charge in [-0.1, -0.05) is 74.5 Å². The molecule has 2 bridgehead atoms. The van der Waals surface area contributed by atoms with E-state index in [9.17, 15) is 29.4 Å². The Kier molecular flexibility index (Phi) is 12.6. The summed E-state index contributed by atoms with van der Waals surface area (Å²) in [6.07, 6.45) is -8.34. The van der Waals surface area contributed by atoms with Gasteiger partial charge in [0.2, 0.25) is 6.10 Å². The Morgan fingerprint density at radius 2 is 1.54 bits per heavy atom. The minimum atomic E-state index is -2.38. The maximum Gasteiger partial charge on any atom is 0.368 e. The van der Waals surface area contributed by atoms with Crippen molar-refractivity contribution in [1.29, 1.82) is 0 Å². The summed E-state index contributed by atoms with van der Waals surface area (Å²) in [7, 11) is 1.70. The highest BCUT2D eigenvalue weighted by molar-refractivity contribution is 7.08. The third-order valence-corrected chi connectivity index (χ3v) is 15.2. The van der Waals surface area contributed by atoms with Gasteiger partial charge in [-0.05, 0) is 48.1 Å². The van der Waals surface area contributed by atoms with Gasteiger partial charge in [-0.2, -0.15) is 15.9 Å². The Balaban J connectivity index is 1.33. The minimum Gasteiger partial charge on any atom is -0.455 e. The largest absolute Gasteiger partial charge is 0.455 e. The van der Waals surface area contributed by atoms with Gasteiger partial charge in [-0.15, -0.1) is 0 Å². The highest BCUT2D eigenvalue weighted by Crippen LogP contribution is 2.64. The van der Waals surface area contributed by atoms with Gasteiger partial charge in [-0.3, -0.25) is 19.2 Å². The van der Waals surface area contributed by atoms with Crippen molar-refractivity contribution in [2.45, 2.75) is 108 Å². The average Bonchev–Trinajstić information content (AvgIpc) is 3.84. The van der Waals surface area contributed by atoms with E-state index in [1.807, 2.05) is 0 Å². The summed E-state index contributed by atoms with van der Waals surface area (Å²) in [4.78, 5) is 86.4. The van der Waals surface area contributed by atoms with Gasteiger partial charge in [-0.25, -0.2) is 9.59 Å². The van der Waals surface area contributed by atoms with Crippen LogP contribution in [0, 0.1) is 16.7 Å². The van der Waals surface area contributed by atoms with Crippen LogP contribution in [0.2, 0.25) is 0 Å². The zero-order valence-electron chi connectivity index (χ0n) is 38.2. The van der Waals surface area contributed by atoms with Crippen molar-refractivity contribution >= 4 is 46.8 Å². The zero-order chi connectivity index (χ0) is 48.2. The van der Waals surface area contributed by atoms with E-state index < -0.39 is 112 Å². The van der Waals surface area contributed by atoms with Crippen molar-refractivity contribution in [3.05, 3.63) is 130 Å². The Bertz CT molecular complexity index is 2610. The summed E-state index contributed by atoms with van der Waals surface area (Å²) < 4.78 is 39.2. The second-order valence-electron chi connectivity index (χ2n) is 18.6. The van der Waals surface area contributed by atoms with Gasteiger partial charge in [0.1, 0.15) is 31.0 Å². The summed E-state index contributed by atoms with van der Waals surface area (Å²) in [5.41, 5.74) is -6.75. The van der Waals surface area contributed by atoms with Crippen LogP contribution in [0.4, 0.5) is 0 Å². The van der Waals surface area contributed by atoms with Crippen molar-refractivity contribution in [2.24, 2.45) is 23.8 Å². The first kappa shape index (κ1) is 47.4. The predicted molar refractivity (Wildman–Crippen MR) is 238 cm³/mol. The number of aliphatic hydroxyl groups is 2. The van der Waals surface area contributed by atoms with E-state index in [-0.39, 0.29) is 35.6 Å². The van der Waals surface area contributed by atoms with Crippen LogP contribution in [0.15, 0.2) is 113 Å². The molecule has 3 aliphatic carbocycles. The second-order valence-corrected chi connectivity index (χ2v) is 19.4. The lowest BCUT2D eigenvalue weighted by molar-refractivity contribution is -0.677. The highest BCUT2D eigenvalue weighted by atomic mass is 32.1. The topological polar surface area (TPSA) is 202 Å². The van der Waals surface area contributed by atoms with Crippen molar-refractivity contribution in [1.82, 2.24) is 0 Å². The standard InChI is InChI=1S/C51H54NO14S/c1-28-34(63-47(59)41(64-37-20-14-15-22-52(37)7)38(31-16-10-8-11-17-31)40(56)32-18-12-9-13-19-32)25-51(60)45(65-46(58)33-21-23-67-26-33)43-49(6,35(55)24-36-50(43,27-61-36)66-30(3)54)44(57)42(62-29(2)53)39(28)48(51,4)5/h8-23,26,34-36,38,41-43,45,55,60H,24-25,27H2,1-7H3/q+1/t34?,35?,36?,38?,41?,42?,43?,45?,49-,50+,51?/m1/s1. The summed E-state index contributed by atoms with van der Waals surface area (Å²) in [5, 5.41) is 29.3. The summed E-state index contributed by atoms with van der Waals surface area (Å²) >= 11 is 1.22. The maximum atomic E-state index is 15.7. The molecule has 4 aromatic rings. The van der Waals surface area contributed by atoms with Crippen molar-refractivity contribution < 1.29 is 72.0 Å². The van der Waals surface area contributed by atoms with Crippen molar-refractivity contribution in [2.75, 3.05) is 6.61 Å². The number of aromatic nitrogens is 1. The molecule has 67 heavy (non-hydrogen) atoms. The number of thiophene rings is 1. The zero-order valence-corrected chi connectivity index (χ0v) is 39.0. The number of carbonyl (C=O) groups is 6. The van der Waals surface area contributed by atoms with Crippen molar-refractivity contribution in [3.8, 4) is 5.88 Å². The molecule has 11 atom stereocenters. The monoisotopic (exact) mass is 936 g/mol. The molecule has 3 fully saturated rings. The van der Waals surface area contributed by atoms with E-state index in [0.29, 0.717) is 11.1 Å². The quantitative estimate of drug-likeness (QED) is 0.0617. The van der Waals surface area contributed by atoms with E-state index in [4.69, 9.17) is 28.4 Å². The van der Waals surface area contributed by atoms with Crippen molar-refractivity contribution in [3.63, 3.8) is 0 Å². The number of hydrogen-bond acceptors (Lipinski definition) is 15. The maximum absolute atomic E-state index is 15.7.